The molecule has 29 heavy (non-hydrogen) atoms. The van der Waals surface area contributed by atoms with Crippen LogP contribution in [0.5, 0.6) is 5.75 Å². The first-order chi connectivity index (χ1) is 13.8. The molecule has 0 unspecified atom stereocenters. The molecule has 0 atom stereocenters. The van der Waals surface area contributed by atoms with E-state index in [1.807, 2.05) is 26.0 Å². The maximum absolute atomic E-state index is 13.0. The maximum Gasteiger partial charge on any atom is 0.254 e. The molecule has 1 heterocycles. The molecule has 0 saturated heterocycles. The number of rotatable bonds is 11. The van der Waals surface area contributed by atoms with Crippen LogP contribution < -0.4 is 15.8 Å². The second kappa shape index (κ2) is 11.3. The normalized spacial score (nSPS) is 10.6. The number of nitrogens with two attached hydrogens (primary N) is 1. The first-order valence-electron chi connectivity index (χ1n) is 9.50. The van der Waals surface area contributed by atoms with Crippen molar-refractivity contribution in [2.24, 2.45) is 11.7 Å². The molecule has 8 heteroatoms. The zero-order chi connectivity index (χ0) is 21.2. The summed E-state index contributed by atoms with van der Waals surface area (Å²) in [6, 6.07) is 8.67. The van der Waals surface area contributed by atoms with E-state index in [2.05, 4.69) is 10.3 Å². The average molecular weight is 419 g/mol. The summed E-state index contributed by atoms with van der Waals surface area (Å²) in [4.78, 5) is 29.7. The third-order valence-electron chi connectivity index (χ3n) is 4.00. The van der Waals surface area contributed by atoms with Gasteiger partial charge in [-0.25, -0.2) is 0 Å². The number of hydrogen-bond acceptors (Lipinski definition) is 5. The zero-order valence-electron chi connectivity index (χ0n) is 16.7. The number of amides is 2. The van der Waals surface area contributed by atoms with Gasteiger partial charge in [-0.3, -0.25) is 14.6 Å². The molecule has 0 radical (unpaired) electrons. The zero-order valence-corrected chi connectivity index (χ0v) is 17.5. The number of carbonyl (C=O) groups is 2. The molecule has 2 aromatic rings. The summed E-state index contributed by atoms with van der Waals surface area (Å²) in [6.07, 6.45) is 3.53. The molecule has 0 bridgehead atoms. The Morgan fingerprint density at radius 2 is 1.97 bits per heavy atom. The van der Waals surface area contributed by atoms with Gasteiger partial charge in [-0.2, -0.15) is 0 Å². The summed E-state index contributed by atoms with van der Waals surface area (Å²) in [5.74, 6) is 0.114. The van der Waals surface area contributed by atoms with Crippen molar-refractivity contribution < 1.29 is 14.3 Å². The molecular formula is C21H27ClN4O3. The van der Waals surface area contributed by atoms with Gasteiger partial charge in [0.25, 0.3) is 5.91 Å². The summed E-state index contributed by atoms with van der Waals surface area (Å²) in [5.41, 5.74) is 6.61. The Balaban J connectivity index is 2.01. The lowest BCUT2D eigenvalue weighted by Gasteiger charge is -2.24. The van der Waals surface area contributed by atoms with E-state index < -0.39 is 5.91 Å². The molecule has 1 aromatic heterocycles. The molecule has 0 aliphatic rings. The van der Waals surface area contributed by atoms with Gasteiger partial charge in [0.1, 0.15) is 12.4 Å². The van der Waals surface area contributed by atoms with E-state index in [4.69, 9.17) is 22.1 Å². The predicted octanol–water partition coefficient (Wildman–Crippen LogP) is 3.20. The van der Waals surface area contributed by atoms with Crippen molar-refractivity contribution in [3.63, 3.8) is 0 Å². The fraction of sp³-hybridized carbons (Fsp3) is 0.381. The number of halogens is 1. The van der Waals surface area contributed by atoms with Crippen molar-refractivity contribution in [2.75, 3.05) is 31.6 Å². The Morgan fingerprint density at radius 3 is 2.62 bits per heavy atom. The first-order valence-corrected chi connectivity index (χ1v) is 9.88. The highest BCUT2D eigenvalue weighted by Gasteiger charge is 2.19. The minimum Gasteiger partial charge on any atom is -0.492 e. The predicted molar refractivity (Wildman–Crippen MR) is 114 cm³/mol. The molecule has 0 saturated carbocycles. The van der Waals surface area contributed by atoms with Crippen molar-refractivity contribution in [3.05, 3.63) is 53.3 Å². The third kappa shape index (κ3) is 7.99. The molecule has 2 amide bonds. The Labute approximate surface area is 176 Å². The lowest BCUT2D eigenvalue weighted by atomic mass is 10.1. The smallest absolute Gasteiger partial charge is 0.254 e. The molecule has 0 aliphatic carbocycles. The number of pyridine rings is 1. The summed E-state index contributed by atoms with van der Waals surface area (Å²) in [5, 5.41) is 3.63. The van der Waals surface area contributed by atoms with Crippen LogP contribution in [0.2, 0.25) is 5.02 Å². The van der Waals surface area contributed by atoms with Crippen LogP contribution in [0.3, 0.4) is 0 Å². The quantitative estimate of drug-likeness (QED) is 0.546. The highest BCUT2D eigenvalue weighted by atomic mass is 35.5. The lowest BCUT2D eigenvalue weighted by molar-refractivity contribution is -0.118. The van der Waals surface area contributed by atoms with E-state index in [0.29, 0.717) is 36.0 Å². The van der Waals surface area contributed by atoms with Crippen LogP contribution in [0.4, 0.5) is 5.69 Å². The Bertz CT molecular complexity index is 815. The van der Waals surface area contributed by atoms with Crippen molar-refractivity contribution in [1.29, 1.82) is 0 Å². The highest BCUT2D eigenvalue weighted by Crippen LogP contribution is 2.23. The minimum absolute atomic E-state index is 0.114. The van der Waals surface area contributed by atoms with E-state index in [1.165, 1.54) is 0 Å². The number of hydrogen-bond donors (Lipinski definition) is 2. The fourth-order valence-corrected chi connectivity index (χ4v) is 2.97. The van der Waals surface area contributed by atoms with E-state index >= 15 is 0 Å². The van der Waals surface area contributed by atoms with Crippen LogP contribution in [-0.2, 0) is 4.79 Å². The number of ether oxygens (including phenoxy) is 1. The van der Waals surface area contributed by atoms with Gasteiger partial charge in [0.15, 0.2) is 0 Å². The summed E-state index contributed by atoms with van der Waals surface area (Å²) >= 11 is 6.19. The van der Waals surface area contributed by atoms with Gasteiger partial charge in [0.05, 0.1) is 0 Å². The van der Waals surface area contributed by atoms with Gasteiger partial charge in [0.2, 0.25) is 5.91 Å². The molecule has 156 valence electrons. The molecular weight excluding hydrogens is 392 g/mol. The average Bonchev–Trinajstić information content (AvgIpc) is 2.68. The monoisotopic (exact) mass is 418 g/mol. The van der Waals surface area contributed by atoms with Crippen LogP contribution in [0.15, 0.2) is 42.7 Å². The SMILES string of the molecule is CC(C)CN(CCC(N)=O)C(=O)c1cc(Cl)cc(OCCNc2ccncc2)c1. The van der Waals surface area contributed by atoms with E-state index in [1.54, 1.807) is 35.5 Å². The Hall–Kier alpha value is -2.80. The molecule has 0 spiro atoms. The van der Waals surface area contributed by atoms with Gasteiger partial charge < -0.3 is 20.7 Å². The molecule has 1 aromatic carbocycles. The Morgan fingerprint density at radius 1 is 1.24 bits per heavy atom. The van der Waals surface area contributed by atoms with Gasteiger partial charge >= 0.3 is 0 Å². The Kier molecular flexibility index (Phi) is 8.73. The van der Waals surface area contributed by atoms with E-state index in [0.717, 1.165) is 5.69 Å². The van der Waals surface area contributed by atoms with Crippen LogP contribution >= 0.6 is 11.6 Å². The van der Waals surface area contributed by atoms with Crippen molar-refractivity contribution in [2.45, 2.75) is 20.3 Å². The standard InChI is InChI=1S/C21H27ClN4O3/c1-15(2)14-26(9-5-20(23)27)21(28)16-11-17(22)13-19(12-16)29-10-8-25-18-3-6-24-7-4-18/h3-4,6-7,11-13,15H,5,8-10,14H2,1-2H3,(H2,23,27)(H,24,25). The molecule has 0 fully saturated rings. The lowest BCUT2D eigenvalue weighted by Crippen LogP contribution is -2.36. The number of aromatic nitrogens is 1. The number of benzene rings is 1. The molecule has 3 N–H and O–H groups in total. The van der Waals surface area contributed by atoms with E-state index in [-0.39, 0.29) is 24.8 Å². The molecule has 0 aliphatic heterocycles. The summed E-state index contributed by atoms with van der Waals surface area (Å²) < 4.78 is 5.75. The number of nitrogens with one attached hydrogen (secondary N) is 1. The van der Waals surface area contributed by atoms with Gasteiger partial charge in [-0.15, -0.1) is 0 Å². The van der Waals surface area contributed by atoms with Gasteiger partial charge in [0, 0.05) is 54.7 Å². The van der Waals surface area contributed by atoms with Crippen LogP contribution in [0.1, 0.15) is 30.6 Å². The number of primary amides is 1. The second-order valence-corrected chi connectivity index (χ2v) is 7.48. The summed E-state index contributed by atoms with van der Waals surface area (Å²) in [6.45, 7) is 5.78. The van der Waals surface area contributed by atoms with Crippen molar-refractivity contribution in [1.82, 2.24) is 9.88 Å². The van der Waals surface area contributed by atoms with E-state index in [9.17, 15) is 9.59 Å². The second-order valence-electron chi connectivity index (χ2n) is 7.05. The third-order valence-corrected chi connectivity index (χ3v) is 4.22. The first kappa shape index (κ1) is 22.5. The van der Waals surface area contributed by atoms with Gasteiger partial charge in [-0.1, -0.05) is 25.4 Å². The van der Waals surface area contributed by atoms with Crippen LogP contribution in [-0.4, -0.2) is 47.9 Å². The van der Waals surface area contributed by atoms with Gasteiger partial charge in [-0.05, 0) is 36.2 Å². The van der Waals surface area contributed by atoms with Crippen molar-refractivity contribution >= 4 is 29.1 Å². The number of nitrogens with zero attached hydrogens (tertiary/aromatic N) is 2. The highest BCUT2D eigenvalue weighted by molar-refractivity contribution is 6.31. The van der Waals surface area contributed by atoms with Crippen molar-refractivity contribution in [3.8, 4) is 5.75 Å². The van der Waals surface area contributed by atoms with Crippen LogP contribution in [0.25, 0.3) is 0 Å². The molecule has 2 rings (SSSR count). The van der Waals surface area contributed by atoms with Crippen LogP contribution in [0, 0.1) is 5.92 Å². The largest absolute Gasteiger partial charge is 0.492 e. The number of carbonyl (C=O) groups excluding carboxylic acids is 2. The minimum atomic E-state index is -0.441. The fourth-order valence-electron chi connectivity index (χ4n) is 2.75. The molecule has 7 nitrogen and oxygen atoms in total. The summed E-state index contributed by atoms with van der Waals surface area (Å²) in [7, 11) is 0. The topological polar surface area (TPSA) is 97.5 Å². The maximum atomic E-state index is 13.0. The number of anilines is 1.